The van der Waals surface area contributed by atoms with Crippen molar-refractivity contribution in [3.05, 3.63) is 28.2 Å². The maximum absolute atomic E-state index is 5.54. The van der Waals surface area contributed by atoms with Crippen molar-refractivity contribution in [3.8, 4) is 5.75 Å². The van der Waals surface area contributed by atoms with Crippen molar-refractivity contribution in [3.63, 3.8) is 0 Å². The number of ether oxygens (including phenoxy) is 1. The van der Waals surface area contributed by atoms with Crippen LogP contribution in [0.25, 0.3) is 0 Å². The van der Waals surface area contributed by atoms with Gasteiger partial charge in [-0.3, -0.25) is 4.90 Å². The zero-order valence-corrected chi connectivity index (χ0v) is 14.5. The molecule has 2 unspecified atom stereocenters. The van der Waals surface area contributed by atoms with Crippen LogP contribution in [0.5, 0.6) is 5.75 Å². The van der Waals surface area contributed by atoms with Gasteiger partial charge in [0.25, 0.3) is 0 Å². The number of methoxy groups -OCH3 is 1. The molecule has 1 N–H and O–H groups in total. The molecule has 0 spiro atoms. The minimum absolute atomic E-state index is 0.623. The van der Waals surface area contributed by atoms with Crippen molar-refractivity contribution in [2.24, 2.45) is 5.92 Å². The van der Waals surface area contributed by atoms with Crippen molar-refractivity contribution >= 4 is 15.9 Å². The molecule has 3 nitrogen and oxygen atoms in total. The van der Waals surface area contributed by atoms with E-state index in [-0.39, 0.29) is 0 Å². The average molecular weight is 353 g/mol. The first-order valence-corrected chi connectivity index (χ1v) is 8.80. The lowest BCUT2D eigenvalue weighted by Gasteiger charge is -2.40. The summed E-state index contributed by atoms with van der Waals surface area (Å²) in [5, 5.41) is 3.71. The Bertz CT molecular complexity index is 490. The lowest BCUT2D eigenvalue weighted by atomic mass is 10.0. The third-order valence-corrected chi connectivity index (χ3v) is 5.31. The summed E-state index contributed by atoms with van der Waals surface area (Å²) in [6, 6.07) is 7.62. The van der Waals surface area contributed by atoms with Crippen molar-refractivity contribution in [1.82, 2.24) is 10.2 Å². The van der Waals surface area contributed by atoms with Crippen LogP contribution in [0.4, 0.5) is 0 Å². The third kappa shape index (κ3) is 3.61. The first kappa shape index (κ1) is 15.3. The van der Waals surface area contributed by atoms with Crippen LogP contribution in [0, 0.1) is 5.92 Å². The topological polar surface area (TPSA) is 24.5 Å². The first-order chi connectivity index (χ1) is 10.2. The largest absolute Gasteiger partial charge is 0.496 e. The second-order valence-electron chi connectivity index (χ2n) is 6.30. The van der Waals surface area contributed by atoms with Gasteiger partial charge in [0.15, 0.2) is 0 Å². The molecular formula is C17H25BrN2O. The molecule has 1 aromatic carbocycles. The molecule has 1 aromatic rings. The minimum atomic E-state index is 0.623. The van der Waals surface area contributed by atoms with Crippen molar-refractivity contribution in [2.75, 3.05) is 20.2 Å². The number of benzene rings is 1. The molecule has 2 aliphatic rings. The van der Waals surface area contributed by atoms with Gasteiger partial charge in [0.1, 0.15) is 5.75 Å². The lowest BCUT2D eigenvalue weighted by molar-refractivity contribution is 0.105. The monoisotopic (exact) mass is 352 g/mol. The van der Waals surface area contributed by atoms with Crippen LogP contribution in [0.1, 0.15) is 31.7 Å². The van der Waals surface area contributed by atoms with Gasteiger partial charge in [0.2, 0.25) is 0 Å². The number of piperazine rings is 1. The van der Waals surface area contributed by atoms with E-state index in [9.17, 15) is 0 Å². The van der Waals surface area contributed by atoms with Crippen LogP contribution >= 0.6 is 15.9 Å². The summed E-state index contributed by atoms with van der Waals surface area (Å²) in [7, 11) is 1.76. The zero-order chi connectivity index (χ0) is 14.8. The molecule has 1 heterocycles. The van der Waals surface area contributed by atoms with Crippen molar-refractivity contribution in [1.29, 1.82) is 0 Å². The summed E-state index contributed by atoms with van der Waals surface area (Å²) in [5.41, 5.74) is 1.29. The quantitative estimate of drug-likeness (QED) is 0.878. The van der Waals surface area contributed by atoms with Gasteiger partial charge in [-0.25, -0.2) is 0 Å². The molecule has 21 heavy (non-hydrogen) atoms. The molecule has 2 fully saturated rings. The Morgan fingerprint density at radius 2 is 2.19 bits per heavy atom. The van der Waals surface area contributed by atoms with Crippen LogP contribution in [0.15, 0.2) is 22.7 Å². The van der Waals surface area contributed by atoms with Gasteiger partial charge in [-0.2, -0.15) is 0 Å². The SMILES string of the molecule is CCC1CN(Cc2cc(Br)ccc2OC)C(C2CC2)CN1. The fourth-order valence-corrected chi connectivity index (χ4v) is 3.80. The Balaban J connectivity index is 1.78. The van der Waals surface area contributed by atoms with Crippen LogP contribution in [-0.2, 0) is 6.54 Å². The molecule has 4 heteroatoms. The smallest absolute Gasteiger partial charge is 0.123 e. The Morgan fingerprint density at radius 1 is 1.38 bits per heavy atom. The van der Waals surface area contributed by atoms with E-state index in [1.807, 2.05) is 6.07 Å². The lowest BCUT2D eigenvalue weighted by Crippen LogP contribution is -2.56. The molecule has 3 rings (SSSR count). The second kappa shape index (κ2) is 6.67. The van der Waals surface area contributed by atoms with E-state index in [0.29, 0.717) is 12.1 Å². The van der Waals surface area contributed by atoms with E-state index in [2.05, 4.69) is 45.2 Å². The summed E-state index contributed by atoms with van der Waals surface area (Å²) in [6.07, 6.45) is 3.99. The predicted molar refractivity (Wildman–Crippen MR) is 89.7 cm³/mol. The van der Waals surface area contributed by atoms with Gasteiger partial charge in [0.05, 0.1) is 7.11 Å². The van der Waals surface area contributed by atoms with Crippen molar-refractivity contribution < 1.29 is 4.74 Å². The highest BCUT2D eigenvalue weighted by atomic mass is 79.9. The Morgan fingerprint density at radius 3 is 2.86 bits per heavy atom. The van der Waals surface area contributed by atoms with Gasteiger partial charge in [-0.1, -0.05) is 22.9 Å². The molecule has 0 amide bonds. The zero-order valence-electron chi connectivity index (χ0n) is 12.9. The molecule has 0 radical (unpaired) electrons. The Kier molecular flexibility index (Phi) is 4.87. The molecule has 0 bridgehead atoms. The van der Waals surface area contributed by atoms with Gasteiger partial charge in [-0.15, -0.1) is 0 Å². The number of hydrogen-bond donors (Lipinski definition) is 1. The summed E-state index contributed by atoms with van der Waals surface area (Å²) < 4.78 is 6.67. The second-order valence-corrected chi connectivity index (χ2v) is 7.22. The van der Waals surface area contributed by atoms with Gasteiger partial charge < -0.3 is 10.1 Å². The Hall–Kier alpha value is -0.580. The minimum Gasteiger partial charge on any atom is -0.496 e. The van der Waals surface area contributed by atoms with E-state index >= 15 is 0 Å². The molecule has 0 aromatic heterocycles. The van der Waals surface area contributed by atoms with Gasteiger partial charge in [0, 0.05) is 41.8 Å². The van der Waals surface area contributed by atoms with Crippen LogP contribution in [0.3, 0.4) is 0 Å². The number of rotatable bonds is 5. The van der Waals surface area contributed by atoms with E-state index in [0.717, 1.165) is 35.8 Å². The number of hydrogen-bond acceptors (Lipinski definition) is 3. The molecule has 116 valence electrons. The summed E-state index contributed by atoms with van der Waals surface area (Å²) in [6.45, 7) is 5.54. The fourth-order valence-electron chi connectivity index (χ4n) is 3.39. The van der Waals surface area contributed by atoms with E-state index in [1.165, 1.54) is 24.8 Å². The van der Waals surface area contributed by atoms with Crippen LogP contribution in [-0.4, -0.2) is 37.2 Å². The number of nitrogens with one attached hydrogen (secondary N) is 1. The van der Waals surface area contributed by atoms with E-state index < -0.39 is 0 Å². The number of halogens is 1. The standard InChI is InChI=1S/C17H25BrN2O/c1-3-15-11-20(16(9-19-15)12-4-5-12)10-13-8-14(18)6-7-17(13)21-2/h6-8,12,15-16,19H,3-5,9-11H2,1-2H3. The summed E-state index contributed by atoms with van der Waals surface area (Å²) in [4.78, 5) is 2.67. The first-order valence-electron chi connectivity index (χ1n) is 8.01. The maximum Gasteiger partial charge on any atom is 0.123 e. The highest BCUT2D eigenvalue weighted by Crippen LogP contribution is 2.37. The summed E-state index contributed by atoms with van der Waals surface area (Å²) in [5.74, 6) is 1.90. The fraction of sp³-hybridized carbons (Fsp3) is 0.647. The van der Waals surface area contributed by atoms with Crippen molar-refractivity contribution in [2.45, 2.75) is 44.8 Å². The molecule has 1 aliphatic carbocycles. The highest BCUT2D eigenvalue weighted by molar-refractivity contribution is 9.10. The molecular weight excluding hydrogens is 328 g/mol. The number of nitrogens with zero attached hydrogens (tertiary/aromatic N) is 1. The van der Waals surface area contributed by atoms with Crippen LogP contribution < -0.4 is 10.1 Å². The molecule has 1 saturated carbocycles. The highest BCUT2D eigenvalue weighted by Gasteiger charge is 2.38. The normalized spacial score (nSPS) is 26.8. The third-order valence-electron chi connectivity index (χ3n) is 4.81. The maximum atomic E-state index is 5.54. The van der Waals surface area contributed by atoms with Gasteiger partial charge >= 0.3 is 0 Å². The Labute approximate surface area is 136 Å². The predicted octanol–water partition coefficient (Wildman–Crippen LogP) is 3.42. The molecule has 2 atom stereocenters. The molecule has 1 aliphatic heterocycles. The van der Waals surface area contributed by atoms with E-state index in [4.69, 9.17) is 4.74 Å². The summed E-state index contributed by atoms with van der Waals surface area (Å²) >= 11 is 3.59. The molecule has 1 saturated heterocycles. The van der Waals surface area contributed by atoms with E-state index in [1.54, 1.807) is 7.11 Å². The van der Waals surface area contributed by atoms with Gasteiger partial charge in [-0.05, 0) is 43.4 Å². The van der Waals surface area contributed by atoms with Crippen LogP contribution in [0.2, 0.25) is 0 Å². The average Bonchev–Trinajstić information content (AvgIpc) is 3.32.